The third kappa shape index (κ3) is 5.58. The maximum absolute atomic E-state index is 3.60. The van der Waals surface area contributed by atoms with Crippen LogP contribution in [0, 0.1) is 5.41 Å². The van der Waals surface area contributed by atoms with Crippen LogP contribution in [0.2, 0.25) is 0 Å². The smallest absolute Gasteiger partial charge is 0.0210 e. The average molecular weight is 279 g/mol. The summed E-state index contributed by atoms with van der Waals surface area (Å²) >= 11 is 1.95. The summed E-state index contributed by atoms with van der Waals surface area (Å²) in [5.41, 5.74) is 1.73. The lowest BCUT2D eigenvalue weighted by Crippen LogP contribution is -2.42. The van der Waals surface area contributed by atoms with E-state index in [0.717, 1.165) is 12.3 Å². The highest BCUT2D eigenvalue weighted by Gasteiger charge is 2.23. The van der Waals surface area contributed by atoms with E-state index >= 15 is 0 Å². The second-order valence-corrected chi connectivity index (χ2v) is 7.60. The summed E-state index contributed by atoms with van der Waals surface area (Å²) in [7, 11) is 0. The molecule has 0 fully saturated rings. The van der Waals surface area contributed by atoms with Crippen molar-refractivity contribution in [2.24, 2.45) is 5.41 Å². The van der Waals surface area contributed by atoms with Gasteiger partial charge in [-0.1, -0.05) is 53.7 Å². The maximum Gasteiger partial charge on any atom is 0.0210 e. The first-order valence-electron chi connectivity index (χ1n) is 7.30. The molecule has 0 spiro atoms. The van der Waals surface area contributed by atoms with Crippen molar-refractivity contribution in [3.63, 3.8) is 0 Å². The van der Waals surface area contributed by atoms with Gasteiger partial charge in [0.2, 0.25) is 0 Å². The van der Waals surface area contributed by atoms with Gasteiger partial charge >= 0.3 is 0 Å². The van der Waals surface area contributed by atoms with Crippen molar-refractivity contribution in [3.8, 4) is 0 Å². The van der Waals surface area contributed by atoms with E-state index in [9.17, 15) is 0 Å². The predicted molar refractivity (Wildman–Crippen MR) is 88.2 cm³/mol. The molecule has 0 bridgehead atoms. The Hall–Kier alpha value is -0.470. The third-order valence-corrected chi connectivity index (χ3v) is 4.56. The van der Waals surface area contributed by atoms with Crippen LogP contribution in [0.4, 0.5) is 0 Å². The monoisotopic (exact) mass is 279 g/mol. The first-order chi connectivity index (χ1) is 8.84. The predicted octanol–water partition coefficient (Wildman–Crippen LogP) is 4.93. The molecule has 0 aromatic heterocycles. The Kier molecular flexibility index (Phi) is 6.41. The number of hydrogen-bond acceptors (Lipinski definition) is 2. The van der Waals surface area contributed by atoms with Crippen molar-refractivity contribution in [1.29, 1.82) is 0 Å². The number of hydrogen-bond donors (Lipinski definition) is 1. The quantitative estimate of drug-likeness (QED) is 0.741. The maximum atomic E-state index is 3.60. The Morgan fingerprint density at radius 1 is 1.11 bits per heavy atom. The summed E-state index contributed by atoms with van der Waals surface area (Å²) in [6.07, 6.45) is 0. The Bertz CT molecular complexity index is 362. The van der Waals surface area contributed by atoms with Crippen molar-refractivity contribution < 1.29 is 0 Å². The van der Waals surface area contributed by atoms with Crippen LogP contribution in [0.15, 0.2) is 29.2 Å². The van der Waals surface area contributed by atoms with Crippen LogP contribution in [-0.2, 0) is 0 Å². The highest BCUT2D eigenvalue weighted by Crippen LogP contribution is 2.27. The Morgan fingerprint density at radius 3 is 2.11 bits per heavy atom. The second-order valence-electron chi connectivity index (χ2n) is 6.51. The van der Waals surface area contributed by atoms with Gasteiger partial charge in [0.25, 0.3) is 0 Å². The largest absolute Gasteiger partial charge is 0.313 e. The molecule has 0 radical (unpaired) electrons. The van der Waals surface area contributed by atoms with Gasteiger partial charge in [0.1, 0.15) is 0 Å². The molecule has 19 heavy (non-hydrogen) atoms. The molecule has 1 atom stereocenters. The Morgan fingerprint density at radius 2 is 1.68 bits per heavy atom. The molecule has 0 aliphatic carbocycles. The summed E-state index contributed by atoms with van der Waals surface area (Å²) in [6.45, 7) is 14.6. The van der Waals surface area contributed by atoms with Crippen molar-refractivity contribution in [2.75, 3.05) is 12.3 Å². The molecule has 0 aliphatic heterocycles. The topological polar surface area (TPSA) is 12.0 Å². The van der Waals surface area contributed by atoms with Gasteiger partial charge < -0.3 is 5.32 Å². The highest BCUT2D eigenvalue weighted by molar-refractivity contribution is 7.99. The summed E-state index contributed by atoms with van der Waals surface area (Å²) in [4.78, 5) is 1.37. The lowest BCUT2D eigenvalue weighted by Gasteiger charge is -2.31. The molecule has 1 rings (SSSR count). The molecule has 108 valence electrons. The molecule has 1 nitrogen and oxygen atoms in total. The van der Waals surface area contributed by atoms with E-state index in [1.165, 1.54) is 10.5 Å². The number of nitrogens with one attached hydrogen (secondary N) is 1. The molecule has 1 aromatic rings. The average Bonchev–Trinajstić information content (AvgIpc) is 2.33. The van der Waals surface area contributed by atoms with Gasteiger partial charge in [-0.3, -0.25) is 0 Å². The minimum absolute atomic E-state index is 0.306. The minimum Gasteiger partial charge on any atom is -0.313 e. The number of thioether (sulfide) groups is 1. The lowest BCUT2D eigenvalue weighted by atomic mass is 9.88. The van der Waals surface area contributed by atoms with Crippen LogP contribution >= 0.6 is 11.8 Å². The van der Waals surface area contributed by atoms with Gasteiger partial charge in [-0.25, -0.2) is 0 Å². The molecule has 0 saturated carbocycles. The molecule has 1 aromatic carbocycles. The molecule has 1 unspecified atom stereocenters. The molecular weight excluding hydrogens is 250 g/mol. The SMILES string of the molecule is CCNC(CSc1ccc(C(C)C)cc1)C(C)(C)C. The minimum atomic E-state index is 0.306. The van der Waals surface area contributed by atoms with Crippen molar-refractivity contribution in [1.82, 2.24) is 5.32 Å². The van der Waals surface area contributed by atoms with Crippen LogP contribution in [0.3, 0.4) is 0 Å². The molecule has 0 aliphatic rings. The fourth-order valence-corrected chi connectivity index (χ4v) is 3.30. The molecule has 0 saturated heterocycles. The Balaban J connectivity index is 2.59. The zero-order valence-electron chi connectivity index (χ0n) is 13.3. The molecule has 1 N–H and O–H groups in total. The van der Waals surface area contributed by atoms with Gasteiger partial charge in [0.15, 0.2) is 0 Å². The Labute approximate surface area is 123 Å². The molecule has 2 heteroatoms. The zero-order chi connectivity index (χ0) is 14.5. The van der Waals surface area contributed by atoms with E-state index in [0.29, 0.717) is 17.4 Å². The highest BCUT2D eigenvalue weighted by atomic mass is 32.2. The van der Waals surface area contributed by atoms with Gasteiger partial charge in [0, 0.05) is 16.7 Å². The lowest BCUT2D eigenvalue weighted by molar-refractivity contribution is 0.295. The van der Waals surface area contributed by atoms with Crippen molar-refractivity contribution in [2.45, 2.75) is 58.4 Å². The van der Waals surface area contributed by atoms with E-state index in [-0.39, 0.29) is 0 Å². The van der Waals surface area contributed by atoms with Gasteiger partial charge in [-0.05, 0) is 35.6 Å². The van der Waals surface area contributed by atoms with E-state index < -0.39 is 0 Å². The van der Waals surface area contributed by atoms with Crippen molar-refractivity contribution >= 4 is 11.8 Å². The van der Waals surface area contributed by atoms with E-state index in [2.05, 4.69) is 71.1 Å². The van der Waals surface area contributed by atoms with Crippen LogP contribution < -0.4 is 5.32 Å². The van der Waals surface area contributed by atoms with Crippen LogP contribution in [-0.4, -0.2) is 18.3 Å². The van der Waals surface area contributed by atoms with Crippen molar-refractivity contribution in [3.05, 3.63) is 29.8 Å². The molecule has 0 heterocycles. The number of benzene rings is 1. The molecular formula is C17H29NS. The standard InChI is InChI=1S/C17H29NS/c1-7-18-16(17(4,5)6)12-19-15-10-8-14(9-11-15)13(2)3/h8-11,13,16,18H,7,12H2,1-6H3. The third-order valence-electron chi connectivity index (χ3n) is 3.46. The van der Waals surface area contributed by atoms with Crippen LogP contribution in [0.25, 0.3) is 0 Å². The van der Waals surface area contributed by atoms with Gasteiger partial charge in [0.05, 0.1) is 0 Å². The van der Waals surface area contributed by atoms with E-state index in [4.69, 9.17) is 0 Å². The normalized spacial score (nSPS) is 13.8. The summed E-state index contributed by atoms with van der Waals surface area (Å²) in [6, 6.07) is 9.57. The summed E-state index contributed by atoms with van der Waals surface area (Å²) in [5, 5.41) is 3.60. The second kappa shape index (κ2) is 7.35. The first kappa shape index (κ1) is 16.6. The van der Waals surface area contributed by atoms with E-state index in [1.807, 2.05) is 11.8 Å². The van der Waals surface area contributed by atoms with Gasteiger partial charge in [-0.15, -0.1) is 11.8 Å². The fourth-order valence-electron chi connectivity index (χ4n) is 1.99. The van der Waals surface area contributed by atoms with Gasteiger partial charge in [-0.2, -0.15) is 0 Å². The fraction of sp³-hybridized carbons (Fsp3) is 0.647. The van der Waals surface area contributed by atoms with Crippen LogP contribution in [0.1, 0.15) is 53.0 Å². The first-order valence-corrected chi connectivity index (χ1v) is 8.29. The summed E-state index contributed by atoms with van der Waals surface area (Å²) in [5.74, 6) is 1.74. The summed E-state index contributed by atoms with van der Waals surface area (Å²) < 4.78 is 0. The van der Waals surface area contributed by atoms with E-state index in [1.54, 1.807) is 0 Å². The zero-order valence-corrected chi connectivity index (χ0v) is 14.1. The molecule has 0 amide bonds. The van der Waals surface area contributed by atoms with Crippen LogP contribution in [0.5, 0.6) is 0 Å². The number of rotatable bonds is 6.